The molecule has 0 spiro atoms. The lowest BCUT2D eigenvalue weighted by Gasteiger charge is -2.38. The van der Waals surface area contributed by atoms with E-state index in [0.29, 0.717) is 17.0 Å². The number of hydrazine groups is 1. The summed E-state index contributed by atoms with van der Waals surface area (Å²) < 4.78 is 0. The van der Waals surface area contributed by atoms with Crippen molar-refractivity contribution in [2.75, 3.05) is 0 Å². The molecule has 2 aromatic carbocycles. The fourth-order valence-electron chi connectivity index (χ4n) is 3.16. The van der Waals surface area contributed by atoms with Gasteiger partial charge >= 0.3 is 0 Å². The minimum absolute atomic E-state index is 0.0370. The summed E-state index contributed by atoms with van der Waals surface area (Å²) in [6.07, 6.45) is 0.616. The van der Waals surface area contributed by atoms with Gasteiger partial charge in [0.1, 0.15) is 6.04 Å². The summed E-state index contributed by atoms with van der Waals surface area (Å²) in [4.78, 5) is 51.4. The molecule has 0 radical (unpaired) electrons. The molecule has 1 saturated heterocycles. The van der Waals surface area contributed by atoms with E-state index in [4.69, 9.17) is 23.2 Å². The number of rotatable bonds is 5. The van der Waals surface area contributed by atoms with Crippen molar-refractivity contribution in [2.45, 2.75) is 32.2 Å². The first-order valence-corrected chi connectivity index (χ1v) is 9.80. The molecule has 6 nitrogen and oxygen atoms in total. The van der Waals surface area contributed by atoms with E-state index in [2.05, 4.69) is 0 Å². The summed E-state index contributed by atoms with van der Waals surface area (Å²) in [5, 5.41) is 2.08. The molecule has 0 aliphatic carbocycles. The van der Waals surface area contributed by atoms with Gasteiger partial charge in [0, 0.05) is 23.4 Å². The molecule has 1 atom stereocenters. The van der Waals surface area contributed by atoms with E-state index in [1.807, 2.05) is 0 Å². The van der Waals surface area contributed by atoms with Gasteiger partial charge in [0.15, 0.2) is 5.78 Å². The van der Waals surface area contributed by atoms with Crippen LogP contribution in [0.4, 0.5) is 0 Å². The molecule has 1 fully saturated rings. The molecule has 0 unspecified atom stereocenters. The molecule has 8 heteroatoms. The second-order valence-corrected chi connectivity index (χ2v) is 7.48. The Labute approximate surface area is 178 Å². The first-order chi connectivity index (χ1) is 13.8. The number of benzene rings is 2. The second kappa shape index (κ2) is 8.76. The minimum atomic E-state index is -1.11. The highest BCUT2D eigenvalue weighted by molar-refractivity contribution is 6.36. The number of hydrogen-bond donors (Lipinski definition) is 0. The Balaban J connectivity index is 2.06. The normalized spacial score (nSPS) is 15.2. The number of halogens is 2. The maximum atomic E-state index is 13.3. The number of nitrogens with zero attached hydrogens (tertiary/aromatic N) is 2. The third-order valence-electron chi connectivity index (χ3n) is 4.64. The van der Waals surface area contributed by atoms with E-state index < -0.39 is 29.5 Å². The summed E-state index contributed by atoms with van der Waals surface area (Å²) in [7, 11) is 0. The molecule has 150 valence electrons. The van der Waals surface area contributed by atoms with Crippen LogP contribution in [-0.4, -0.2) is 39.6 Å². The summed E-state index contributed by atoms with van der Waals surface area (Å²) in [5.41, 5.74) is 0.395. The number of imide groups is 1. The van der Waals surface area contributed by atoms with Crippen LogP contribution in [0.3, 0.4) is 0 Å². The van der Waals surface area contributed by atoms with E-state index in [9.17, 15) is 19.2 Å². The predicted octanol–water partition coefficient (Wildman–Crippen LogP) is 4.16. The van der Waals surface area contributed by atoms with Gasteiger partial charge < -0.3 is 0 Å². The van der Waals surface area contributed by atoms with E-state index >= 15 is 0 Å². The summed E-state index contributed by atoms with van der Waals surface area (Å²) >= 11 is 12.1. The van der Waals surface area contributed by atoms with Crippen LogP contribution in [0.15, 0.2) is 48.5 Å². The van der Waals surface area contributed by atoms with Gasteiger partial charge in [-0.1, -0.05) is 53.5 Å². The standard InChI is InChI=1S/C21H18Cl2N2O4/c1-13(20(28)14-6-3-2-4-7-14)24(25-18(26)8-5-9-19(25)27)21(29)16-11-10-15(22)12-17(16)23/h2-4,6-7,10-13H,5,8-9H2,1H3/t13-/m0/s1. The monoisotopic (exact) mass is 432 g/mol. The zero-order valence-electron chi connectivity index (χ0n) is 15.6. The zero-order valence-corrected chi connectivity index (χ0v) is 17.1. The molecule has 1 heterocycles. The van der Waals surface area contributed by atoms with Crippen molar-refractivity contribution in [1.29, 1.82) is 0 Å². The number of Topliss-reactive ketones (excluding diaryl/α,β-unsaturated/α-hetero) is 1. The summed E-state index contributed by atoms with van der Waals surface area (Å²) in [6, 6.07) is 11.5. The van der Waals surface area contributed by atoms with Crippen molar-refractivity contribution in [3.63, 3.8) is 0 Å². The lowest BCUT2D eigenvalue weighted by atomic mass is 10.0. The number of piperidine rings is 1. The largest absolute Gasteiger partial charge is 0.292 e. The third-order valence-corrected chi connectivity index (χ3v) is 5.19. The Morgan fingerprint density at radius 3 is 2.21 bits per heavy atom. The van der Waals surface area contributed by atoms with Crippen LogP contribution in [-0.2, 0) is 9.59 Å². The van der Waals surface area contributed by atoms with Gasteiger partial charge in [0.05, 0.1) is 10.6 Å². The van der Waals surface area contributed by atoms with Crippen molar-refractivity contribution in [2.24, 2.45) is 0 Å². The smallest absolute Gasteiger partial charge is 0.275 e. The van der Waals surface area contributed by atoms with Crippen LogP contribution in [0.25, 0.3) is 0 Å². The Bertz CT molecular complexity index is 962. The Morgan fingerprint density at radius 1 is 1.00 bits per heavy atom. The summed E-state index contributed by atoms with van der Waals surface area (Å²) in [5.74, 6) is -2.21. The van der Waals surface area contributed by atoms with Gasteiger partial charge in [-0.15, -0.1) is 0 Å². The molecule has 29 heavy (non-hydrogen) atoms. The van der Waals surface area contributed by atoms with Crippen LogP contribution >= 0.6 is 23.2 Å². The van der Waals surface area contributed by atoms with Crippen molar-refractivity contribution < 1.29 is 19.2 Å². The Kier molecular flexibility index (Phi) is 6.35. The van der Waals surface area contributed by atoms with Crippen LogP contribution in [0.1, 0.15) is 46.9 Å². The molecule has 0 N–H and O–H groups in total. The molecule has 3 rings (SSSR count). The van der Waals surface area contributed by atoms with Gasteiger partial charge in [0.25, 0.3) is 5.91 Å². The second-order valence-electron chi connectivity index (χ2n) is 6.63. The highest BCUT2D eigenvalue weighted by Crippen LogP contribution is 2.26. The van der Waals surface area contributed by atoms with Crippen LogP contribution in [0.2, 0.25) is 10.0 Å². The highest BCUT2D eigenvalue weighted by atomic mass is 35.5. The van der Waals surface area contributed by atoms with Gasteiger partial charge in [0.2, 0.25) is 11.8 Å². The van der Waals surface area contributed by atoms with E-state index in [-0.39, 0.29) is 23.4 Å². The SMILES string of the molecule is C[C@@H](C(=O)c1ccccc1)N(C(=O)c1ccc(Cl)cc1Cl)N1C(=O)CCCC1=O. The number of carbonyl (C=O) groups is 4. The maximum Gasteiger partial charge on any atom is 0.275 e. The highest BCUT2D eigenvalue weighted by Gasteiger charge is 2.40. The number of carbonyl (C=O) groups excluding carboxylic acids is 4. The van der Waals surface area contributed by atoms with Crippen molar-refractivity contribution in [3.05, 3.63) is 69.7 Å². The van der Waals surface area contributed by atoms with Crippen LogP contribution in [0.5, 0.6) is 0 Å². The molecule has 0 bridgehead atoms. The molecule has 1 aliphatic rings. The van der Waals surface area contributed by atoms with E-state index in [0.717, 1.165) is 10.0 Å². The van der Waals surface area contributed by atoms with Gasteiger partial charge in [-0.05, 0) is 31.5 Å². The van der Waals surface area contributed by atoms with E-state index in [1.165, 1.54) is 25.1 Å². The molecule has 2 aromatic rings. The average molecular weight is 433 g/mol. The predicted molar refractivity (Wildman–Crippen MR) is 109 cm³/mol. The zero-order chi connectivity index (χ0) is 21.1. The first-order valence-electron chi connectivity index (χ1n) is 9.05. The van der Waals surface area contributed by atoms with Crippen molar-refractivity contribution in [1.82, 2.24) is 10.0 Å². The Morgan fingerprint density at radius 2 is 1.62 bits per heavy atom. The number of amides is 3. The quantitative estimate of drug-likeness (QED) is 0.524. The van der Waals surface area contributed by atoms with E-state index in [1.54, 1.807) is 30.3 Å². The fraction of sp³-hybridized carbons (Fsp3) is 0.238. The molecule has 0 saturated carbocycles. The van der Waals surface area contributed by atoms with Crippen LogP contribution < -0.4 is 0 Å². The number of ketones is 1. The van der Waals surface area contributed by atoms with Crippen LogP contribution in [0, 0.1) is 0 Å². The molecule has 3 amide bonds. The van der Waals surface area contributed by atoms with Crippen molar-refractivity contribution >= 4 is 46.7 Å². The average Bonchev–Trinajstić information content (AvgIpc) is 2.70. The maximum absolute atomic E-state index is 13.3. The Hall–Kier alpha value is -2.70. The topological polar surface area (TPSA) is 74.8 Å². The van der Waals surface area contributed by atoms with Gasteiger partial charge in [-0.3, -0.25) is 19.2 Å². The minimum Gasteiger partial charge on any atom is -0.292 e. The third kappa shape index (κ3) is 4.33. The van der Waals surface area contributed by atoms with Gasteiger partial charge in [-0.2, -0.15) is 5.01 Å². The summed E-state index contributed by atoms with van der Waals surface area (Å²) in [6.45, 7) is 1.48. The van der Waals surface area contributed by atoms with Crippen molar-refractivity contribution in [3.8, 4) is 0 Å². The van der Waals surface area contributed by atoms with Gasteiger partial charge in [-0.25, -0.2) is 5.01 Å². The molecular weight excluding hydrogens is 415 g/mol. The fourth-order valence-corrected chi connectivity index (χ4v) is 3.65. The lowest BCUT2D eigenvalue weighted by molar-refractivity contribution is -0.165. The molecule has 1 aliphatic heterocycles. The first kappa shape index (κ1) is 21.0. The lowest BCUT2D eigenvalue weighted by Crippen LogP contribution is -2.59. The molecule has 0 aromatic heterocycles. The molecular formula is C21H18Cl2N2O4. The number of hydrogen-bond acceptors (Lipinski definition) is 4.